The topological polar surface area (TPSA) is 62.1 Å². The molecule has 0 radical (unpaired) electrons. The van der Waals surface area contributed by atoms with Crippen molar-refractivity contribution in [2.24, 2.45) is 5.73 Å². The maximum Gasteiger partial charge on any atom is 0.270 e. The number of halogens is 1. The van der Waals surface area contributed by atoms with Gasteiger partial charge < -0.3 is 15.6 Å². The second-order valence-electron chi connectivity index (χ2n) is 3.53. The summed E-state index contributed by atoms with van der Waals surface area (Å²) in [5, 5.41) is 0.553. The number of rotatable bonds is 1. The van der Waals surface area contributed by atoms with Crippen LogP contribution >= 0.6 is 11.6 Å². The molecule has 0 saturated carbocycles. The van der Waals surface area contributed by atoms with Crippen molar-refractivity contribution in [3.63, 3.8) is 0 Å². The van der Waals surface area contributed by atoms with Crippen molar-refractivity contribution in [2.45, 2.75) is 12.5 Å². The minimum Gasteiger partial charge on any atom is -0.356 e. The minimum absolute atomic E-state index is 0.0233. The molecule has 4 nitrogen and oxygen atoms in total. The standard InChI is InChI=1S/C9H12ClN3O/c10-6-3-8(12-4-6)9(14)13-2-1-7(11)5-13/h3-4,7,12H,1-2,5,11H2/t7-/m1/s1. The van der Waals surface area contributed by atoms with Crippen LogP contribution < -0.4 is 5.73 Å². The maximum absolute atomic E-state index is 11.8. The van der Waals surface area contributed by atoms with Crippen molar-refractivity contribution in [3.8, 4) is 0 Å². The molecular formula is C9H12ClN3O. The molecule has 1 atom stereocenters. The third kappa shape index (κ3) is 1.76. The number of carbonyl (C=O) groups excluding carboxylic acids is 1. The molecule has 1 amide bonds. The van der Waals surface area contributed by atoms with Crippen LogP contribution in [-0.4, -0.2) is 34.9 Å². The predicted octanol–water partition coefficient (Wildman–Crippen LogP) is 0.841. The van der Waals surface area contributed by atoms with Gasteiger partial charge in [0.05, 0.1) is 5.02 Å². The van der Waals surface area contributed by atoms with Crippen LogP contribution in [0.25, 0.3) is 0 Å². The van der Waals surface area contributed by atoms with Gasteiger partial charge in [-0.2, -0.15) is 0 Å². The Balaban J connectivity index is 2.09. The molecule has 2 rings (SSSR count). The van der Waals surface area contributed by atoms with E-state index >= 15 is 0 Å². The van der Waals surface area contributed by atoms with E-state index in [1.165, 1.54) is 0 Å². The summed E-state index contributed by atoms with van der Waals surface area (Å²) in [6.07, 6.45) is 2.48. The predicted molar refractivity (Wildman–Crippen MR) is 54.3 cm³/mol. The van der Waals surface area contributed by atoms with E-state index in [0.717, 1.165) is 13.0 Å². The third-order valence-corrected chi connectivity index (χ3v) is 2.61. The van der Waals surface area contributed by atoms with Gasteiger partial charge in [-0.05, 0) is 12.5 Å². The van der Waals surface area contributed by atoms with Crippen LogP contribution in [0.1, 0.15) is 16.9 Å². The number of nitrogens with one attached hydrogen (secondary N) is 1. The van der Waals surface area contributed by atoms with Crippen molar-refractivity contribution in [2.75, 3.05) is 13.1 Å². The first kappa shape index (κ1) is 9.55. The second kappa shape index (κ2) is 3.63. The Bertz CT molecular complexity index is 350. The zero-order chi connectivity index (χ0) is 10.1. The number of hydrogen-bond acceptors (Lipinski definition) is 2. The minimum atomic E-state index is -0.0233. The molecule has 3 N–H and O–H groups in total. The molecule has 1 fully saturated rings. The van der Waals surface area contributed by atoms with E-state index in [1.807, 2.05) is 0 Å². The summed E-state index contributed by atoms with van der Waals surface area (Å²) < 4.78 is 0. The monoisotopic (exact) mass is 213 g/mol. The zero-order valence-electron chi connectivity index (χ0n) is 7.66. The molecule has 1 aliphatic rings. The van der Waals surface area contributed by atoms with Crippen molar-refractivity contribution < 1.29 is 4.79 Å². The molecule has 0 bridgehead atoms. The Morgan fingerprint density at radius 3 is 3.00 bits per heavy atom. The number of likely N-dealkylation sites (tertiary alicyclic amines) is 1. The van der Waals surface area contributed by atoms with Gasteiger partial charge in [0.2, 0.25) is 0 Å². The van der Waals surface area contributed by atoms with E-state index in [0.29, 0.717) is 17.3 Å². The number of H-pyrrole nitrogens is 1. The number of nitrogens with zero attached hydrogens (tertiary/aromatic N) is 1. The van der Waals surface area contributed by atoms with Crippen LogP contribution in [0.2, 0.25) is 5.02 Å². The largest absolute Gasteiger partial charge is 0.356 e. The lowest BCUT2D eigenvalue weighted by atomic mass is 10.3. The normalized spacial score (nSPS) is 21.6. The number of aromatic nitrogens is 1. The number of nitrogens with two attached hydrogens (primary N) is 1. The summed E-state index contributed by atoms with van der Waals surface area (Å²) in [7, 11) is 0. The molecule has 1 aromatic heterocycles. The fourth-order valence-electron chi connectivity index (χ4n) is 1.63. The van der Waals surface area contributed by atoms with Crippen LogP contribution in [0.5, 0.6) is 0 Å². The molecule has 0 unspecified atom stereocenters. The molecule has 76 valence electrons. The number of aromatic amines is 1. The van der Waals surface area contributed by atoms with Gasteiger partial charge in [0.1, 0.15) is 5.69 Å². The smallest absolute Gasteiger partial charge is 0.270 e. The van der Waals surface area contributed by atoms with Crippen molar-refractivity contribution in [1.82, 2.24) is 9.88 Å². The van der Waals surface area contributed by atoms with Gasteiger partial charge in [-0.15, -0.1) is 0 Å². The number of hydrogen-bond donors (Lipinski definition) is 2. The highest BCUT2D eigenvalue weighted by Crippen LogP contribution is 2.14. The first-order valence-electron chi connectivity index (χ1n) is 4.55. The summed E-state index contributed by atoms with van der Waals surface area (Å²) in [6.45, 7) is 1.37. The molecule has 0 aliphatic carbocycles. The van der Waals surface area contributed by atoms with Crippen LogP contribution in [-0.2, 0) is 0 Å². The summed E-state index contributed by atoms with van der Waals surface area (Å²) in [4.78, 5) is 16.4. The van der Waals surface area contributed by atoms with E-state index in [-0.39, 0.29) is 11.9 Å². The van der Waals surface area contributed by atoms with E-state index in [2.05, 4.69) is 4.98 Å². The molecule has 14 heavy (non-hydrogen) atoms. The lowest BCUT2D eigenvalue weighted by Crippen LogP contribution is -2.32. The molecule has 0 aromatic carbocycles. The van der Waals surface area contributed by atoms with E-state index in [4.69, 9.17) is 17.3 Å². The fourth-order valence-corrected chi connectivity index (χ4v) is 1.80. The average Bonchev–Trinajstić information content (AvgIpc) is 2.73. The average molecular weight is 214 g/mol. The zero-order valence-corrected chi connectivity index (χ0v) is 8.42. The highest BCUT2D eigenvalue weighted by molar-refractivity contribution is 6.30. The SMILES string of the molecule is N[C@@H]1CCN(C(=O)c2cc(Cl)c[nH]2)C1. The molecule has 1 saturated heterocycles. The first-order chi connectivity index (χ1) is 6.66. The Morgan fingerprint density at radius 1 is 1.71 bits per heavy atom. The maximum atomic E-state index is 11.8. The van der Waals surface area contributed by atoms with Crippen LogP contribution in [0, 0.1) is 0 Å². The summed E-state index contributed by atoms with van der Waals surface area (Å²) in [5.74, 6) is -0.0233. The molecular weight excluding hydrogens is 202 g/mol. The van der Waals surface area contributed by atoms with E-state index in [1.54, 1.807) is 17.2 Å². The molecule has 0 spiro atoms. The quantitative estimate of drug-likeness (QED) is 0.726. The van der Waals surface area contributed by atoms with Gasteiger partial charge in [-0.1, -0.05) is 11.6 Å². The number of carbonyl (C=O) groups is 1. The summed E-state index contributed by atoms with van der Waals surface area (Å²) in [6, 6.07) is 1.75. The lowest BCUT2D eigenvalue weighted by Gasteiger charge is -2.14. The Labute approximate surface area is 87.0 Å². The second-order valence-corrected chi connectivity index (χ2v) is 3.97. The van der Waals surface area contributed by atoms with Crippen LogP contribution in [0.15, 0.2) is 12.3 Å². The summed E-state index contributed by atoms with van der Waals surface area (Å²) >= 11 is 5.71. The Hall–Kier alpha value is -1.00. The Kier molecular flexibility index (Phi) is 2.48. The molecule has 5 heteroatoms. The van der Waals surface area contributed by atoms with E-state index in [9.17, 15) is 4.79 Å². The van der Waals surface area contributed by atoms with Crippen molar-refractivity contribution >= 4 is 17.5 Å². The van der Waals surface area contributed by atoms with Gasteiger partial charge in [-0.25, -0.2) is 0 Å². The molecule has 1 aromatic rings. The molecule has 2 heterocycles. The van der Waals surface area contributed by atoms with Crippen molar-refractivity contribution in [1.29, 1.82) is 0 Å². The Morgan fingerprint density at radius 2 is 2.50 bits per heavy atom. The number of amides is 1. The molecule has 1 aliphatic heterocycles. The highest BCUT2D eigenvalue weighted by Gasteiger charge is 2.25. The van der Waals surface area contributed by atoms with Crippen molar-refractivity contribution in [3.05, 3.63) is 23.0 Å². The first-order valence-corrected chi connectivity index (χ1v) is 4.93. The van der Waals surface area contributed by atoms with Gasteiger partial charge in [0, 0.05) is 25.3 Å². The fraction of sp³-hybridized carbons (Fsp3) is 0.444. The third-order valence-electron chi connectivity index (χ3n) is 2.39. The van der Waals surface area contributed by atoms with Gasteiger partial charge in [-0.3, -0.25) is 4.79 Å². The summed E-state index contributed by atoms with van der Waals surface area (Å²) in [5.41, 5.74) is 6.25. The van der Waals surface area contributed by atoms with Gasteiger partial charge in [0.25, 0.3) is 5.91 Å². The lowest BCUT2D eigenvalue weighted by molar-refractivity contribution is 0.0786. The van der Waals surface area contributed by atoms with Crippen LogP contribution in [0.4, 0.5) is 0 Å². The van der Waals surface area contributed by atoms with Gasteiger partial charge >= 0.3 is 0 Å². The van der Waals surface area contributed by atoms with Gasteiger partial charge in [0.15, 0.2) is 0 Å². The highest BCUT2D eigenvalue weighted by atomic mass is 35.5. The van der Waals surface area contributed by atoms with E-state index < -0.39 is 0 Å². The van der Waals surface area contributed by atoms with Crippen LogP contribution in [0.3, 0.4) is 0 Å².